The van der Waals surface area contributed by atoms with Crippen LogP contribution < -0.4 is 5.73 Å². The zero-order chi connectivity index (χ0) is 30.1. The largest absolute Gasteiger partial charge is 0.416 e. The van der Waals surface area contributed by atoms with Crippen molar-refractivity contribution in [2.75, 3.05) is 13.1 Å². The van der Waals surface area contributed by atoms with Gasteiger partial charge in [-0.25, -0.2) is 4.39 Å². The molecule has 11 heteroatoms. The smallest absolute Gasteiger partial charge is 0.366 e. The predicted molar refractivity (Wildman–Crippen MR) is 149 cm³/mol. The zero-order valence-corrected chi connectivity index (χ0v) is 22.9. The van der Waals surface area contributed by atoms with Gasteiger partial charge in [-0.3, -0.25) is 9.59 Å². The molecule has 0 radical (unpaired) electrons. The summed E-state index contributed by atoms with van der Waals surface area (Å²) in [6.07, 6.45) is -5.69. The molecule has 2 amide bonds. The van der Waals surface area contributed by atoms with E-state index in [-0.39, 0.29) is 35.7 Å². The number of likely N-dealkylation sites (tertiary alicyclic amines) is 1. The maximum absolute atomic E-state index is 14.1. The van der Waals surface area contributed by atoms with Crippen LogP contribution in [-0.4, -0.2) is 45.7 Å². The number of primary amides is 1. The number of aryl methyl sites for hydroxylation is 2. The van der Waals surface area contributed by atoms with E-state index in [0.29, 0.717) is 44.4 Å². The normalized spacial score (nSPS) is 14.9. The van der Waals surface area contributed by atoms with E-state index in [4.69, 9.17) is 10.3 Å². The number of carbonyl (C=O) groups excluding carboxylic acids is 2. The summed E-state index contributed by atoms with van der Waals surface area (Å²) in [5.74, 6) is -0.639. The minimum atomic E-state index is -4.60. The van der Waals surface area contributed by atoms with Crippen molar-refractivity contribution in [3.05, 3.63) is 88.3 Å². The Hall–Kier alpha value is -4.67. The number of amides is 2. The van der Waals surface area contributed by atoms with E-state index >= 15 is 0 Å². The predicted octanol–water partition coefficient (Wildman–Crippen LogP) is 6.59. The van der Waals surface area contributed by atoms with Crippen LogP contribution in [0.2, 0.25) is 0 Å². The van der Waals surface area contributed by atoms with Gasteiger partial charge in [0.15, 0.2) is 0 Å². The third-order valence-electron chi connectivity index (χ3n) is 7.96. The van der Waals surface area contributed by atoms with E-state index in [2.05, 4.69) is 5.16 Å². The van der Waals surface area contributed by atoms with Crippen LogP contribution in [-0.2, 0) is 6.18 Å². The van der Waals surface area contributed by atoms with Crippen molar-refractivity contribution in [3.8, 4) is 11.1 Å². The van der Waals surface area contributed by atoms with Gasteiger partial charge in [-0.15, -0.1) is 0 Å². The molecule has 3 heterocycles. The molecule has 2 N–H and O–H groups in total. The van der Waals surface area contributed by atoms with E-state index in [0.717, 1.165) is 6.07 Å². The van der Waals surface area contributed by atoms with Crippen molar-refractivity contribution < 1.29 is 31.7 Å². The summed E-state index contributed by atoms with van der Waals surface area (Å²) in [5.41, 5.74) is 8.21. The molecule has 5 aromatic rings. The molecule has 1 atom stereocenters. The zero-order valence-electron chi connectivity index (χ0n) is 22.9. The van der Waals surface area contributed by atoms with E-state index in [1.54, 1.807) is 61.7 Å². The first-order valence-corrected chi connectivity index (χ1v) is 13.3. The first-order chi connectivity index (χ1) is 19.9. The molecule has 1 fully saturated rings. The molecular formula is C31H26F4N4O3. The highest BCUT2D eigenvalue weighted by Crippen LogP contribution is 2.42. The van der Waals surface area contributed by atoms with Gasteiger partial charge in [-0.2, -0.15) is 13.2 Å². The molecule has 0 aliphatic carbocycles. The molecule has 6 rings (SSSR count). The minimum Gasteiger partial charge on any atom is -0.366 e. The Morgan fingerprint density at radius 1 is 1.05 bits per heavy atom. The maximum atomic E-state index is 14.1. The molecule has 3 aromatic carbocycles. The van der Waals surface area contributed by atoms with Crippen LogP contribution in [0.1, 0.15) is 56.3 Å². The van der Waals surface area contributed by atoms with E-state index in [1.807, 2.05) is 0 Å². The molecule has 7 nitrogen and oxygen atoms in total. The van der Waals surface area contributed by atoms with Crippen molar-refractivity contribution in [2.45, 2.75) is 39.2 Å². The SMILES string of the molecule is Cc1noc(C)c1-c1cc(C(N)=O)c2c3cc(C(=O)N4CC(F)C4)ccc3n(C(C)c3ccccc3C(F)(F)F)c2c1. The third-order valence-corrected chi connectivity index (χ3v) is 7.96. The maximum Gasteiger partial charge on any atom is 0.416 e. The molecular weight excluding hydrogens is 552 g/mol. The van der Waals surface area contributed by atoms with Gasteiger partial charge in [0.1, 0.15) is 11.9 Å². The van der Waals surface area contributed by atoms with Crippen molar-refractivity contribution in [3.63, 3.8) is 0 Å². The van der Waals surface area contributed by atoms with Crippen molar-refractivity contribution in [1.82, 2.24) is 14.6 Å². The second-order valence-corrected chi connectivity index (χ2v) is 10.7. The second kappa shape index (κ2) is 9.71. The monoisotopic (exact) mass is 578 g/mol. The summed E-state index contributed by atoms with van der Waals surface area (Å²) in [4.78, 5) is 27.4. The van der Waals surface area contributed by atoms with Gasteiger partial charge in [-0.05, 0) is 68.3 Å². The van der Waals surface area contributed by atoms with Gasteiger partial charge in [0.25, 0.3) is 5.91 Å². The highest BCUT2D eigenvalue weighted by atomic mass is 19.4. The Morgan fingerprint density at radius 2 is 1.76 bits per heavy atom. The quantitative estimate of drug-likeness (QED) is 0.238. The van der Waals surface area contributed by atoms with Gasteiger partial charge >= 0.3 is 6.18 Å². The van der Waals surface area contributed by atoms with Crippen LogP contribution >= 0.6 is 0 Å². The lowest BCUT2D eigenvalue weighted by Gasteiger charge is -2.34. The van der Waals surface area contributed by atoms with Crippen LogP contribution in [0.25, 0.3) is 32.9 Å². The number of aromatic nitrogens is 2. The van der Waals surface area contributed by atoms with Crippen LogP contribution in [0, 0.1) is 13.8 Å². The van der Waals surface area contributed by atoms with Gasteiger partial charge in [0, 0.05) is 33.0 Å². The van der Waals surface area contributed by atoms with Crippen LogP contribution in [0.15, 0.2) is 59.1 Å². The third kappa shape index (κ3) is 4.31. The molecule has 0 saturated carbocycles. The average molecular weight is 579 g/mol. The summed E-state index contributed by atoms with van der Waals surface area (Å²) in [5, 5.41) is 4.86. The average Bonchev–Trinajstić information content (AvgIpc) is 3.44. The Labute approximate surface area is 237 Å². The van der Waals surface area contributed by atoms with Crippen LogP contribution in [0.4, 0.5) is 17.6 Å². The number of halogens is 4. The second-order valence-electron chi connectivity index (χ2n) is 10.7. The van der Waals surface area contributed by atoms with Gasteiger partial charge < -0.3 is 19.7 Å². The summed E-state index contributed by atoms with van der Waals surface area (Å²) in [6, 6.07) is 12.6. The van der Waals surface area contributed by atoms with E-state index < -0.39 is 29.9 Å². The number of carbonyl (C=O) groups is 2. The van der Waals surface area contributed by atoms with Gasteiger partial charge in [0.2, 0.25) is 5.91 Å². The highest BCUT2D eigenvalue weighted by Gasteiger charge is 2.36. The first-order valence-electron chi connectivity index (χ1n) is 13.3. The van der Waals surface area contributed by atoms with Gasteiger partial charge in [0.05, 0.1) is 35.9 Å². The standard InChI is InChI=1S/C31H26F4N4O3/c1-15-27(17(3)42-37-15)19-11-23(29(36)40)28-22-10-18(30(41)38-13-20(32)14-38)8-9-25(22)39(26(28)12-19)16(2)21-6-4-5-7-24(21)31(33,34)35/h4-12,16,20H,13-14H2,1-3H3,(H2,36,40). The first kappa shape index (κ1) is 27.5. The number of benzene rings is 3. The number of hydrogen-bond acceptors (Lipinski definition) is 4. The fourth-order valence-corrected chi connectivity index (χ4v) is 5.99. The number of rotatable bonds is 5. The fourth-order valence-electron chi connectivity index (χ4n) is 5.99. The molecule has 1 aliphatic rings. The Morgan fingerprint density at radius 3 is 2.38 bits per heavy atom. The van der Waals surface area contributed by atoms with E-state index in [9.17, 15) is 27.2 Å². The molecule has 1 aliphatic heterocycles. The number of fused-ring (bicyclic) bond motifs is 3. The van der Waals surface area contributed by atoms with E-state index in [1.165, 1.54) is 17.0 Å². The lowest BCUT2D eigenvalue weighted by Crippen LogP contribution is -2.51. The minimum absolute atomic E-state index is 0.0166. The van der Waals surface area contributed by atoms with Crippen molar-refractivity contribution >= 4 is 33.6 Å². The molecule has 1 saturated heterocycles. The number of alkyl halides is 4. The Bertz CT molecular complexity index is 1880. The topological polar surface area (TPSA) is 94.4 Å². The lowest BCUT2D eigenvalue weighted by molar-refractivity contribution is -0.138. The van der Waals surface area contributed by atoms with Crippen LogP contribution in [0.5, 0.6) is 0 Å². The highest BCUT2D eigenvalue weighted by molar-refractivity contribution is 6.20. The van der Waals surface area contributed by atoms with Crippen molar-refractivity contribution in [2.24, 2.45) is 5.73 Å². The molecule has 2 aromatic heterocycles. The molecule has 0 bridgehead atoms. The number of nitrogens with zero attached hydrogens (tertiary/aromatic N) is 3. The molecule has 0 spiro atoms. The van der Waals surface area contributed by atoms with Crippen LogP contribution in [0.3, 0.4) is 0 Å². The lowest BCUT2D eigenvalue weighted by atomic mass is 9.96. The molecule has 1 unspecified atom stereocenters. The summed E-state index contributed by atoms with van der Waals surface area (Å²) >= 11 is 0. The van der Waals surface area contributed by atoms with Gasteiger partial charge in [-0.1, -0.05) is 23.4 Å². The summed E-state index contributed by atoms with van der Waals surface area (Å²) < 4.78 is 62.9. The fraction of sp³-hybridized carbons (Fsp3) is 0.258. The Balaban J connectivity index is 1.69. The Kier molecular flexibility index (Phi) is 6.36. The molecule has 216 valence electrons. The van der Waals surface area contributed by atoms with Crippen molar-refractivity contribution in [1.29, 1.82) is 0 Å². The molecule has 42 heavy (non-hydrogen) atoms. The number of hydrogen-bond donors (Lipinski definition) is 1. The summed E-state index contributed by atoms with van der Waals surface area (Å²) in [7, 11) is 0. The number of nitrogens with two attached hydrogens (primary N) is 1. The summed E-state index contributed by atoms with van der Waals surface area (Å²) in [6.45, 7) is 5.08.